The first-order valence-corrected chi connectivity index (χ1v) is 9.73. The zero-order valence-electron chi connectivity index (χ0n) is 16.2. The van der Waals surface area contributed by atoms with Gasteiger partial charge in [-0.3, -0.25) is 9.59 Å². The van der Waals surface area contributed by atoms with Gasteiger partial charge in [-0.25, -0.2) is 0 Å². The number of carbonyl (C=O) groups excluding carboxylic acids is 2. The zero-order chi connectivity index (χ0) is 19.8. The molecule has 1 heterocycles. The topological polar surface area (TPSA) is 67.9 Å². The summed E-state index contributed by atoms with van der Waals surface area (Å²) in [5.41, 5.74) is 0.899. The number of thiophene rings is 1. The largest absolute Gasteiger partial charge is 0.493 e. The van der Waals surface area contributed by atoms with Crippen LogP contribution >= 0.6 is 11.3 Å². The minimum absolute atomic E-state index is 0.00406. The molecule has 0 aliphatic carbocycles. The van der Waals surface area contributed by atoms with E-state index in [-0.39, 0.29) is 24.4 Å². The van der Waals surface area contributed by atoms with E-state index < -0.39 is 0 Å². The fraction of sp³-hybridized carbons (Fsp3) is 0.400. The van der Waals surface area contributed by atoms with Crippen molar-refractivity contribution in [2.45, 2.75) is 26.3 Å². The van der Waals surface area contributed by atoms with Gasteiger partial charge in [0.1, 0.15) is 0 Å². The third-order valence-corrected chi connectivity index (χ3v) is 4.84. The molecule has 7 heteroatoms. The first kappa shape index (κ1) is 20.8. The molecule has 6 nitrogen and oxygen atoms in total. The number of carbonyl (C=O) groups is 2. The van der Waals surface area contributed by atoms with Crippen molar-refractivity contribution < 1.29 is 19.1 Å². The van der Waals surface area contributed by atoms with Crippen LogP contribution in [0.1, 0.15) is 41.5 Å². The number of likely N-dealkylation sites (N-methyl/N-ethyl adjacent to an activating group) is 1. The molecule has 1 aromatic carbocycles. The summed E-state index contributed by atoms with van der Waals surface area (Å²) in [4.78, 5) is 26.6. The number of methoxy groups -OCH3 is 1. The highest BCUT2D eigenvalue weighted by Gasteiger charge is 2.18. The second-order valence-electron chi connectivity index (χ2n) is 6.19. The molecule has 2 rings (SSSR count). The van der Waals surface area contributed by atoms with Crippen molar-refractivity contribution >= 4 is 23.2 Å². The van der Waals surface area contributed by atoms with Gasteiger partial charge < -0.3 is 19.7 Å². The highest BCUT2D eigenvalue weighted by Crippen LogP contribution is 2.30. The van der Waals surface area contributed by atoms with Crippen molar-refractivity contribution in [1.82, 2.24) is 10.2 Å². The van der Waals surface area contributed by atoms with Crippen molar-refractivity contribution in [3.05, 3.63) is 46.2 Å². The molecule has 1 aromatic heterocycles. The second kappa shape index (κ2) is 9.97. The highest BCUT2D eigenvalue weighted by molar-refractivity contribution is 7.12. The molecule has 1 atom stereocenters. The van der Waals surface area contributed by atoms with Gasteiger partial charge in [0.05, 0.1) is 31.2 Å². The number of amides is 2. The number of nitrogens with zero attached hydrogens (tertiary/aromatic N) is 1. The van der Waals surface area contributed by atoms with Gasteiger partial charge in [0, 0.05) is 7.05 Å². The van der Waals surface area contributed by atoms with Crippen molar-refractivity contribution in [2.24, 2.45) is 0 Å². The summed E-state index contributed by atoms with van der Waals surface area (Å²) in [5.74, 6) is 0.932. The Morgan fingerprint density at radius 1 is 1.26 bits per heavy atom. The van der Waals surface area contributed by atoms with E-state index in [4.69, 9.17) is 9.47 Å². The summed E-state index contributed by atoms with van der Waals surface area (Å²) in [7, 11) is 3.21. The quantitative estimate of drug-likeness (QED) is 0.712. The van der Waals surface area contributed by atoms with Crippen molar-refractivity contribution in [3.8, 4) is 11.5 Å². The molecular formula is C20H26N2O4S. The predicted molar refractivity (Wildman–Crippen MR) is 107 cm³/mol. The van der Waals surface area contributed by atoms with E-state index in [0.29, 0.717) is 23.0 Å². The lowest BCUT2D eigenvalue weighted by atomic mass is 10.1. The van der Waals surface area contributed by atoms with E-state index in [1.54, 1.807) is 20.2 Å². The smallest absolute Gasteiger partial charge is 0.264 e. The Morgan fingerprint density at radius 2 is 2.04 bits per heavy atom. The fourth-order valence-corrected chi connectivity index (χ4v) is 3.25. The van der Waals surface area contributed by atoms with E-state index in [2.05, 4.69) is 5.32 Å². The van der Waals surface area contributed by atoms with Crippen LogP contribution in [0, 0.1) is 0 Å². The molecule has 0 fully saturated rings. The molecule has 0 saturated heterocycles. The maximum Gasteiger partial charge on any atom is 0.264 e. The number of hydrogen-bond acceptors (Lipinski definition) is 5. The summed E-state index contributed by atoms with van der Waals surface area (Å²) < 4.78 is 11.0. The Kier molecular flexibility index (Phi) is 7.67. The van der Waals surface area contributed by atoms with Crippen LogP contribution in [0.2, 0.25) is 0 Å². The van der Waals surface area contributed by atoms with Crippen LogP contribution in [0.5, 0.6) is 11.5 Å². The fourth-order valence-electron chi connectivity index (χ4n) is 2.53. The normalized spacial score (nSPS) is 11.6. The standard InChI is InChI=1S/C20H26N2O4S/c1-5-10-26-16-9-8-15(12-17(16)25-4)14(2)21-19(23)13-22(3)20(24)18-7-6-11-27-18/h6-9,11-12,14H,5,10,13H2,1-4H3,(H,21,23). The Bertz CT molecular complexity index is 761. The van der Waals surface area contributed by atoms with E-state index >= 15 is 0 Å². The van der Waals surface area contributed by atoms with E-state index in [9.17, 15) is 9.59 Å². The van der Waals surface area contributed by atoms with Gasteiger partial charge in [-0.05, 0) is 42.5 Å². The summed E-state index contributed by atoms with van der Waals surface area (Å²) in [6.07, 6.45) is 0.912. The Hall–Kier alpha value is -2.54. The molecule has 146 valence electrons. The lowest BCUT2D eigenvalue weighted by molar-refractivity contribution is -0.122. The number of hydrogen-bond donors (Lipinski definition) is 1. The van der Waals surface area contributed by atoms with Crippen LogP contribution in [-0.4, -0.2) is 44.0 Å². The number of ether oxygens (including phenoxy) is 2. The van der Waals surface area contributed by atoms with E-state index in [0.717, 1.165) is 12.0 Å². The summed E-state index contributed by atoms with van der Waals surface area (Å²) in [6, 6.07) is 8.94. The lowest BCUT2D eigenvalue weighted by Crippen LogP contribution is -2.39. The van der Waals surface area contributed by atoms with Gasteiger partial charge in [-0.1, -0.05) is 19.1 Å². The SMILES string of the molecule is CCCOc1ccc(C(C)NC(=O)CN(C)C(=O)c2cccs2)cc1OC. The van der Waals surface area contributed by atoms with Crippen molar-refractivity contribution in [1.29, 1.82) is 0 Å². The Labute approximate surface area is 164 Å². The molecule has 1 N–H and O–H groups in total. The second-order valence-corrected chi connectivity index (χ2v) is 7.13. The third kappa shape index (κ3) is 5.72. The van der Waals surface area contributed by atoms with Gasteiger partial charge >= 0.3 is 0 Å². The van der Waals surface area contributed by atoms with Crippen molar-refractivity contribution in [2.75, 3.05) is 27.3 Å². The number of nitrogens with one attached hydrogen (secondary N) is 1. The highest BCUT2D eigenvalue weighted by atomic mass is 32.1. The molecule has 1 unspecified atom stereocenters. The lowest BCUT2D eigenvalue weighted by Gasteiger charge is -2.20. The first-order valence-electron chi connectivity index (χ1n) is 8.85. The molecular weight excluding hydrogens is 364 g/mol. The minimum Gasteiger partial charge on any atom is -0.493 e. The maximum absolute atomic E-state index is 12.3. The van der Waals surface area contributed by atoms with Gasteiger partial charge in [0.2, 0.25) is 5.91 Å². The number of benzene rings is 1. The van der Waals surface area contributed by atoms with Crippen molar-refractivity contribution in [3.63, 3.8) is 0 Å². The molecule has 0 saturated carbocycles. The Morgan fingerprint density at radius 3 is 2.67 bits per heavy atom. The number of rotatable bonds is 9. The zero-order valence-corrected chi connectivity index (χ0v) is 17.0. The van der Waals surface area contributed by atoms with Gasteiger partial charge in [-0.15, -0.1) is 11.3 Å². The third-order valence-electron chi connectivity index (χ3n) is 3.99. The van der Waals surface area contributed by atoms with Crippen LogP contribution in [-0.2, 0) is 4.79 Å². The average Bonchev–Trinajstić information content (AvgIpc) is 3.19. The van der Waals surface area contributed by atoms with Gasteiger partial charge in [0.25, 0.3) is 5.91 Å². The summed E-state index contributed by atoms with van der Waals surface area (Å²) in [5, 5.41) is 4.75. The van der Waals surface area contributed by atoms with Crippen LogP contribution < -0.4 is 14.8 Å². The van der Waals surface area contributed by atoms with Crippen LogP contribution in [0.3, 0.4) is 0 Å². The van der Waals surface area contributed by atoms with Crippen LogP contribution in [0.25, 0.3) is 0 Å². The average molecular weight is 391 g/mol. The maximum atomic E-state index is 12.3. The molecule has 0 aliphatic heterocycles. The van der Waals surface area contributed by atoms with Gasteiger partial charge in [-0.2, -0.15) is 0 Å². The molecule has 0 radical (unpaired) electrons. The molecule has 27 heavy (non-hydrogen) atoms. The molecule has 0 spiro atoms. The first-order chi connectivity index (χ1) is 13.0. The Balaban J connectivity index is 1.96. The van der Waals surface area contributed by atoms with Crippen LogP contribution in [0.15, 0.2) is 35.7 Å². The predicted octanol–water partition coefficient (Wildman–Crippen LogP) is 3.49. The van der Waals surface area contributed by atoms with E-state index in [1.807, 2.05) is 43.5 Å². The molecule has 0 bridgehead atoms. The molecule has 2 aromatic rings. The van der Waals surface area contributed by atoms with E-state index in [1.165, 1.54) is 16.2 Å². The minimum atomic E-state index is -0.225. The molecule has 0 aliphatic rings. The monoisotopic (exact) mass is 390 g/mol. The summed E-state index contributed by atoms with van der Waals surface area (Å²) >= 11 is 1.36. The van der Waals surface area contributed by atoms with Gasteiger partial charge in [0.15, 0.2) is 11.5 Å². The molecule has 2 amide bonds. The van der Waals surface area contributed by atoms with Crippen LogP contribution in [0.4, 0.5) is 0 Å². The summed E-state index contributed by atoms with van der Waals surface area (Å²) in [6.45, 7) is 4.54.